The van der Waals surface area contributed by atoms with Crippen molar-refractivity contribution in [3.8, 4) is 11.5 Å². The van der Waals surface area contributed by atoms with Gasteiger partial charge in [0.25, 0.3) is 0 Å². The van der Waals surface area contributed by atoms with Gasteiger partial charge in [-0.2, -0.15) is 13.2 Å². The number of hydrogen-bond donors (Lipinski definition) is 0. The average Bonchev–Trinajstić information content (AvgIpc) is 2.91. The van der Waals surface area contributed by atoms with E-state index in [2.05, 4.69) is 4.98 Å². The van der Waals surface area contributed by atoms with Gasteiger partial charge in [-0.25, -0.2) is 0 Å². The summed E-state index contributed by atoms with van der Waals surface area (Å²) in [5, 5.41) is 0. The molecule has 0 saturated carbocycles. The van der Waals surface area contributed by atoms with Crippen molar-refractivity contribution >= 4 is 5.91 Å². The van der Waals surface area contributed by atoms with Crippen LogP contribution in [0.4, 0.5) is 13.2 Å². The second-order valence-electron chi connectivity index (χ2n) is 9.79. The third-order valence-corrected chi connectivity index (χ3v) is 7.68. The molecule has 0 aliphatic carbocycles. The average molecular weight is 526 g/mol. The smallest absolute Gasteiger partial charge is 0.416 e. The summed E-state index contributed by atoms with van der Waals surface area (Å²) in [6.07, 6.45) is -1.02. The van der Waals surface area contributed by atoms with Crippen LogP contribution in [0.15, 0.2) is 54.9 Å². The van der Waals surface area contributed by atoms with Crippen molar-refractivity contribution in [3.05, 3.63) is 88.2 Å². The highest BCUT2D eigenvalue weighted by molar-refractivity contribution is 5.83. The van der Waals surface area contributed by atoms with Crippen LogP contribution in [0.2, 0.25) is 0 Å². The number of carbonyl (C=O) groups excluding carboxylic acids is 1. The Kier molecular flexibility index (Phi) is 7.05. The first-order chi connectivity index (χ1) is 18.2. The molecule has 0 radical (unpaired) electrons. The van der Waals surface area contributed by atoms with Gasteiger partial charge in [-0.05, 0) is 65.8 Å². The van der Waals surface area contributed by atoms with Crippen LogP contribution in [0, 0.1) is 0 Å². The first-order valence-electron chi connectivity index (χ1n) is 12.6. The number of amides is 1. The number of benzene rings is 2. The zero-order valence-corrected chi connectivity index (χ0v) is 21.6. The molecule has 0 spiro atoms. The fourth-order valence-electron chi connectivity index (χ4n) is 5.67. The molecule has 1 unspecified atom stereocenters. The number of aromatic nitrogens is 1. The molecule has 6 nitrogen and oxygen atoms in total. The number of pyridine rings is 1. The molecular weight excluding hydrogens is 495 g/mol. The Balaban J connectivity index is 1.48. The van der Waals surface area contributed by atoms with Gasteiger partial charge in [0.05, 0.1) is 31.9 Å². The number of halogens is 3. The van der Waals surface area contributed by atoms with Gasteiger partial charge in [0.15, 0.2) is 11.5 Å². The van der Waals surface area contributed by atoms with Gasteiger partial charge in [-0.1, -0.05) is 24.3 Å². The summed E-state index contributed by atoms with van der Waals surface area (Å²) in [7, 11) is 3.17. The molecule has 2 atom stereocenters. The summed E-state index contributed by atoms with van der Waals surface area (Å²) < 4.78 is 52.2. The summed E-state index contributed by atoms with van der Waals surface area (Å²) in [6, 6.07) is 11.8. The van der Waals surface area contributed by atoms with Crippen LogP contribution >= 0.6 is 0 Å². The lowest BCUT2D eigenvalue weighted by molar-refractivity contribution is -0.141. The number of rotatable bonds is 5. The van der Waals surface area contributed by atoms with E-state index in [4.69, 9.17) is 9.47 Å². The minimum atomic E-state index is -4.50. The van der Waals surface area contributed by atoms with Crippen molar-refractivity contribution in [1.82, 2.24) is 14.8 Å². The molecule has 0 N–H and O–H groups in total. The summed E-state index contributed by atoms with van der Waals surface area (Å²) in [6.45, 7) is 2.83. The largest absolute Gasteiger partial charge is 0.493 e. The van der Waals surface area contributed by atoms with Crippen LogP contribution in [0.25, 0.3) is 0 Å². The van der Waals surface area contributed by atoms with E-state index in [0.29, 0.717) is 37.4 Å². The van der Waals surface area contributed by atoms with Crippen LogP contribution in [0.1, 0.15) is 46.3 Å². The Bertz CT molecular complexity index is 1340. The second-order valence-corrected chi connectivity index (χ2v) is 9.79. The number of methoxy groups -OCH3 is 2. The maximum atomic E-state index is 14.1. The Morgan fingerprint density at radius 2 is 1.76 bits per heavy atom. The van der Waals surface area contributed by atoms with E-state index in [1.54, 1.807) is 14.2 Å². The molecule has 3 heterocycles. The number of fused-ring (bicyclic) bond motifs is 2. The van der Waals surface area contributed by atoms with Gasteiger partial charge in [0.2, 0.25) is 5.91 Å². The van der Waals surface area contributed by atoms with Gasteiger partial charge < -0.3 is 14.4 Å². The highest BCUT2D eigenvalue weighted by atomic mass is 19.4. The molecule has 200 valence electrons. The first-order valence-corrected chi connectivity index (χ1v) is 12.6. The molecule has 5 rings (SSSR count). The molecule has 2 aliphatic heterocycles. The zero-order chi connectivity index (χ0) is 27.0. The lowest BCUT2D eigenvalue weighted by Gasteiger charge is -2.42. The monoisotopic (exact) mass is 525 g/mol. The molecule has 1 amide bonds. The quantitative estimate of drug-likeness (QED) is 0.459. The van der Waals surface area contributed by atoms with Crippen molar-refractivity contribution < 1.29 is 27.4 Å². The fraction of sp³-hybridized carbons (Fsp3) is 0.379. The summed E-state index contributed by atoms with van der Waals surface area (Å²) in [4.78, 5) is 21.8. The fourth-order valence-corrected chi connectivity index (χ4v) is 5.67. The van der Waals surface area contributed by atoms with Crippen molar-refractivity contribution in [1.29, 1.82) is 0 Å². The van der Waals surface area contributed by atoms with Gasteiger partial charge in [0.1, 0.15) is 0 Å². The molecule has 0 bridgehead atoms. The normalized spacial score (nSPS) is 19.5. The van der Waals surface area contributed by atoms with E-state index < -0.39 is 17.8 Å². The highest BCUT2D eigenvalue weighted by Crippen LogP contribution is 2.39. The van der Waals surface area contributed by atoms with Crippen LogP contribution in [-0.2, 0) is 36.9 Å². The molecule has 0 saturated heterocycles. The summed E-state index contributed by atoms with van der Waals surface area (Å²) in [5.41, 5.74) is 3.47. The van der Waals surface area contributed by atoms with Crippen molar-refractivity contribution in [2.45, 2.75) is 51.1 Å². The number of carbonyl (C=O) groups is 1. The maximum Gasteiger partial charge on any atom is 0.416 e. The number of nitrogens with zero attached hydrogens (tertiary/aromatic N) is 3. The maximum absolute atomic E-state index is 14.1. The minimum absolute atomic E-state index is 0.0305. The van der Waals surface area contributed by atoms with E-state index in [9.17, 15) is 18.0 Å². The summed E-state index contributed by atoms with van der Waals surface area (Å²) in [5.74, 6) is 1.15. The Labute approximate surface area is 220 Å². The predicted molar refractivity (Wildman–Crippen MR) is 136 cm³/mol. The Morgan fingerprint density at radius 1 is 1.05 bits per heavy atom. The Morgan fingerprint density at radius 3 is 2.47 bits per heavy atom. The topological polar surface area (TPSA) is 54.9 Å². The van der Waals surface area contributed by atoms with E-state index >= 15 is 0 Å². The lowest BCUT2D eigenvalue weighted by Crippen LogP contribution is -2.53. The lowest BCUT2D eigenvalue weighted by atomic mass is 9.89. The second kappa shape index (κ2) is 10.3. The van der Waals surface area contributed by atoms with Gasteiger partial charge in [-0.15, -0.1) is 0 Å². The van der Waals surface area contributed by atoms with E-state index in [0.717, 1.165) is 34.5 Å². The van der Waals surface area contributed by atoms with Crippen LogP contribution in [0.5, 0.6) is 11.5 Å². The van der Waals surface area contributed by atoms with E-state index in [-0.39, 0.29) is 24.1 Å². The highest BCUT2D eigenvalue weighted by Gasteiger charge is 2.40. The molecule has 2 aliphatic rings. The third kappa shape index (κ3) is 4.82. The number of hydrogen-bond acceptors (Lipinski definition) is 5. The zero-order valence-electron chi connectivity index (χ0n) is 21.6. The van der Waals surface area contributed by atoms with E-state index in [1.807, 2.05) is 53.1 Å². The molecule has 9 heteroatoms. The van der Waals surface area contributed by atoms with Crippen molar-refractivity contribution in [2.24, 2.45) is 0 Å². The predicted octanol–water partition coefficient (Wildman–Crippen LogP) is 5.19. The summed E-state index contributed by atoms with van der Waals surface area (Å²) >= 11 is 0. The minimum Gasteiger partial charge on any atom is -0.493 e. The van der Waals surface area contributed by atoms with E-state index in [1.165, 1.54) is 6.20 Å². The Hall–Kier alpha value is -3.59. The SMILES string of the molecule is COc1cc2c(cc1OC)[C@@H](C)N(C(=O)C1Cc3ccccc3CN1Cc1cnccc1C(F)(F)F)CC2. The van der Waals surface area contributed by atoms with Gasteiger partial charge in [-0.3, -0.25) is 14.7 Å². The van der Waals surface area contributed by atoms with Crippen molar-refractivity contribution in [2.75, 3.05) is 20.8 Å². The van der Waals surface area contributed by atoms with Crippen LogP contribution in [-0.4, -0.2) is 47.5 Å². The van der Waals surface area contributed by atoms with Gasteiger partial charge >= 0.3 is 6.18 Å². The molecule has 0 fully saturated rings. The first kappa shape index (κ1) is 26.0. The molecule has 38 heavy (non-hydrogen) atoms. The molecule has 2 aromatic carbocycles. The number of ether oxygens (including phenoxy) is 2. The van der Waals surface area contributed by atoms with Gasteiger partial charge in [0, 0.05) is 32.0 Å². The van der Waals surface area contributed by atoms with Crippen molar-refractivity contribution in [3.63, 3.8) is 0 Å². The van der Waals surface area contributed by atoms with Crippen LogP contribution in [0.3, 0.4) is 0 Å². The number of alkyl halides is 3. The van der Waals surface area contributed by atoms with Crippen LogP contribution < -0.4 is 9.47 Å². The molecular formula is C29H30F3N3O3. The molecule has 1 aromatic heterocycles. The standard InChI is InChI=1S/C29H30F3N3O3/c1-18-23-14-27(38-3)26(37-2)13-20(23)9-11-35(18)28(36)25-12-19-6-4-5-7-21(19)16-34(25)17-22-15-33-10-8-24(22)29(30,31)32/h4-8,10,13-15,18,25H,9,11-12,16-17H2,1-3H3/t18-,25?/m1/s1. The molecule has 3 aromatic rings. The third-order valence-electron chi connectivity index (χ3n) is 7.68.